The highest BCUT2D eigenvalue weighted by molar-refractivity contribution is 7.99. The summed E-state index contributed by atoms with van der Waals surface area (Å²) in [5.41, 5.74) is 1.92. The van der Waals surface area contributed by atoms with Gasteiger partial charge in [0.2, 0.25) is 0 Å². The standard InChI is InChI=1S/C22H20O5S/c1-14-12-17(8-9-19(14)26-15(2)23)20-13-18(24)21(22(25)27-20)28-11-10-16-6-4-3-5-7-16/h3-9,12-13,24H,10-11H2,1-2H3. The molecular formula is C22H20O5S. The lowest BCUT2D eigenvalue weighted by Gasteiger charge is -2.09. The Morgan fingerprint density at radius 1 is 1.14 bits per heavy atom. The van der Waals surface area contributed by atoms with Crippen molar-refractivity contribution in [3.05, 3.63) is 76.1 Å². The highest BCUT2D eigenvalue weighted by Gasteiger charge is 2.14. The van der Waals surface area contributed by atoms with Gasteiger partial charge in [0.1, 0.15) is 22.2 Å². The molecule has 0 radical (unpaired) electrons. The minimum atomic E-state index is -0.574. The molecule has 0 atom stereocenters. The van der Waals surface area contributed by atoms with E-state index in [1.54, 1.807) is 25.1 Å². The van der Waals surface area contributed by atoms with E-state index in [9.17, 15) is 14.7 Å². The Bertz CT molecular complexity index is 1040. The van der Waals surface area contributed by atoms with Gasteiger partial charge in [-0.15, -0.1) is 11.8 Å². The second kappa shape index (κ2) is 8.80. The van der Waals surface area contributed by atoms with E-state index in [1.807, 2.05) is 30.3 Å². The highest BCUT2D eigenvalue weighted by atomic mass is 32.2. The van der Waals surface area contributed by atoms with Crippen LogP contribution in [-0.4, -0.2) is 16.8 Å². The van der Waals surface area contributed by atoms with Gasteiger partial charge in [-0.3, -0.25) is 4.79 Å². The second-order valence-electron chi connectivity index (χ2n) is 6.27. The van der Waals surface area contributed by atoms with Crippen LogP contribution in [0.4, 0.5) is 0 Å². The summed E-state index contributed by atoms with van der Waals surface area (Å²) in [6.45, 7) is 3.12. The lowest BCUT2D eigenvalue weighted by molar-refractivity contribution is -0.131. The predicted octanol–water partition coefficient (Wildman–Crippen LogP) is 4.58. The van der Waals surface area contributed by atoms with Gasteiger partial charge in [0.25, 0.3) is 0 Å². The molecule has 0 unspecified atom stereocenters. The molecule has 0 aliphatic carbocycles. The number of ether oxygens (including phenoxy) is 1. The smallest absolute Gasteiger partial charge is 0.353 e. The number of thioether (sulfide) groups is 1. The molecule has 1 heterocycles. The van der Waals surface area contributed by atoms with E-state index in [4.69, 9.17) is 9.15 Å². The van der Waals surface area contributed by atoms with Crippen LogP contribution in [0.1, 0.15) is 18.1 Å². The molecule has 0 saturated carbocycles. The van der Waals surface area contributed by atoms with Gasteiger partial charge in [-0.05, 0) is 42.7 Å². The monoisotopic (exact) mass is 396 g/mol. The average molecular weight is 396 g/mol. The first-order valence-electron chi connectivity index (χ1n) is 8.77. The topological polar surface area (TPSA) is 76.7 Å². The van der Waals surface area contributed by atoms with Crippen molar-refractivity contribution >= 4 is 17.7 Å². The molecule has 6 heteroatoms. The number of carbonyl (C=O) groups is 1. The lowest BCUT2D eigenvalue weighted by atomic mass is 10.1. The summed E-state index contributed by atoms with van der Waals surface area (Å²) in [4.78, 5) is 23.7. The van der Waals surface area contributed by atoms with Crippen LogP contribution in [0, 0.1) is 6.92 Å². The molecule has 0 bridgehead atoms. The molecule has 0 aliphatic rings. The molecule has 0 spiro atoms. The minimum Gasteiger partial charge on any atom is -0.506 e. The zero-order chi connectivity index (χ0) is 20.1. The van der Waals surface area contributed by atoms with Crippen molar-refractivity contribution < 1.29 is 19.1 Å². The quantitative estimate of drug-likeness (QED) is 0.373. The Labute approximate surface area is 167 Å². The normalized spacial score (nSPS) is 10.6. The number of hydrogen-bond donors (Lipinski definition) is 1. The molecule has 0 aliphatic heterocycles. The Balaban J connectivity index is 1.77. The summed E-state index contributed by atoms with van der Waals surface area (Å²) in [6.07, 6.45) is 0.781. The fourth-order valence-corrected chi connectivity index (χ4v) is 3.64. The van der Waals surface area contributed by atoms with Crippen molar-refractivity contribution in [2.24, 2.45) is 0 Å². The van der Waals surface area contributed by atoms with Crippen LogP contribution in [0.3, 0.4) is 0 Å². The minimum absolute atomic E-state index is 0.106. The maximum absolute atomic E-state index is 12.4. The maximum Gasteiger partial charge on any atom is 0.353 e. The first kappa shape index (κ1) is 19.8. The molecular weight excluding hydrogens is 376 g/mol. The number of rotatable bonds is 6. The van der Waals surface area contributed by atoms with Gasteiger partial charge in [-0.2, -0.15) is 0 Å². The summed E-state index contributed by atoms with van der Waals surface area (Å²) in [5, 5.41) is 10.3. The summed E-state index contributed by atoms with van der Waals surface area (Å²) in [6, 6.07) is 16.4. The van der Waals surface area contributed by atoms with E-state index >= 15 is 0 Å². The van der Waals surface area contributed by atoms with Crippen molar-refractivity contribution in [3.63, 3.8) is 0 Å². The maximum atomic E-state index is 12.4. The molecule has 1 aromatic heterocycles. The Hall–Kier alpha value is -2.99. The molecule has 5 nitrogen and oxygen atoms in total. The van der Waals surface area contributed by atoms with E-state index in [0.717, 1.165) is 12.0 Å². The zero-order valence-corrected chi connectivity index (χ0v) is 16.4. The Morgan fingerprint density at radius 3 is 2.54 bits per heavy atom. The highest BCUT2D eigenvalue weighted by Crippen LogP contribution is 2.32. The summed E-state index contributed by atoms with van der Waals surface area (Å²) in [5.74, 6) is 0.837. The van der Waals surface area contributed by atoms with E-state index in [1.165, 1.54) is 30.3 Å². The number of hydrogen-bond acceptors (Lipinski definition) is 6. The van der Waals surface area contributed by atoms with Crippen molar-refractivity contribution in [2.75, 3.05) is 5.75 Å². The molecule has 3 rings (SSSR count). The van der Waals surface area contributed by atoms with Crippen LogP contribution < -0.4 is 10.4 Å². The zero-order valence-electron chi connectivity index (χ0n) is 15.6. The summed E-state index contributed by atoms with van der Waals surface area (Å²) in [7, 11) is 0. The van der Waals surface area contributed by atoms with Gasteiger partial charge in [0, 0.05) is 24.3 Å². The summed E-state index contributed by atoms with van der Waals surface area (Å²) >= 11 is 1.27. The third-order valence-corrected chi connectivity index (χ3v) is 5.15. The number of benzene rings is 2. The largest absolute Gasteiger partial charge is 0.506 e. The average Bonchev–Trinajstić information content (AvgIpc) is 2.66. The van der Waals surface area contributed by atoms with Crippen molar-refractivity contribution in [1.29, 1.82) is 0 Å². The predicted molar refractivity (Wildman–Crippen MR) is 109 cm³/mol. The number of aromatic hydroxyl groups is 1. The Morgan fingerprint density at radius 2 is 1.89 bits per heavy atom. The molecule has 0 amide bonds. The van der Waals surface area contributed by atoms with Crippen molar-refractivity contribution in [1.82, 2.24) is 0 Å². The van der Waals surface area contributed by atoms with Gasteiger partial charge >= 0.3 is 11.6 Å². The Kier molecular flexibility index (Phi) is 6.21. The third kappa shape index (κ3) is 4.84. The molecule has 1 N–H and O–H groups in total. The van der Waals surface area contributed by atoms with E-state index in [0.29, 0.717) is 17.1 Å². The van der Waals surface area contributed by atoms with Crippen LogP contribution in [0.25, 0.3) is 11.3 Å². The van der Waals surface area contributed by atoms with Gasteiger partial charge in [0.15, 0.2) is 0 Å². The van der Waals surface area contributed by atoms with Crippen LogP contribution in [0.15, 0.2) is 68.7 Å². The van der Waals surface area contributed by atoms with E-state index < -0.39 is 11.6 Å². The van der Waals surface area contributed by atoms with Crippen LogP contribution in [0.2, 0.25) is 0 Å². The van der Waals surface area contributed by atoms with Crippen molar-refractivity contribution in [2.45, 2.75) is 25.2 Å². The van der Waals surface area contributed by atoms with Crippen LogP contribution >= 0.6 is 11.8 Å². The van der Waals surface area contributed by atoms with Gasteiger partial charge < -0.3 is 14.3 Å². The van der Waals surface area contributed by atoms with E-state index in [2.05, 4.69) is 0 Å². The first-order valence-corrected chi connectivity index (χ1v) is 9.76. The molecule has 0 saturated heterocycles. The SMILES string of the molecule is CC(=O)Oc1ccc(-c2cc(O)c(SCCc3ccccc3)c(=O)o2)cc1C. The summed E-state index contributed by atoms with van der Waals surface area (Å²) < 4.78 is 10.5. The van der Waals surface area contributed by atoms with Crippen molar-refractivity contribution in [3.8, 4) is 22.8 Å². The second-order valence-corrected chi connectivity index (χ2v) is 7.38. The van der Waals surface area contributed by atoms with Gasteiger partial charge in [0.05, 0.1) is 0 Å². The number of carbonyl (C=O) groups excluding carboxylic acids is 1. The molecule has 144 valence electrons. The van der Waals surface area contributed by atoms with E-state index in [-0.39, 0.29) is 16.4 Å². The number of aryl methyl sites for hydroxylation is 2. The van der Waals surface area contributed by atoms with Gasteiger partial charge in [-0.25, -0.2) is 4.79 Å². The molecule has 28 heavy (non-hydrogen) atoms. The number of esters is 1. The lowest BCUT2D eigenvalue weighted by Crippen LogP contribution is -2.05. The fraction of sp³-hybridized carbons (Fsp3) is 0.182. The third-order valence-electron chi connectivity index (χ3n) is 4.08. The van der Waals surface area contributed by atoms with Gasteiger partial charge in [-0.1, -0.05) is 30.3 Å². The molecule has 2 aromatic carbocycles. The van der Waals surface area contributed by atoms with Crippen LogP contribution in [0.5, 0.6) is 11.5 Å². The first-order chi connectivity index (χ1) is 13.4. The fourth-order valence-electron chi connectivity index (χ4n) is 2.73. The molecule has 3 aromatic rings. The molecule has 0 fully saturated rings. The van der Waals surface area contributed by atoms with Crippen LogP contribution in [-0.2, 0) is 11.2 Å².